The van der Waals surface area contributed by atoms with Crippen LogP contribution in [-0.2, 0) is 28.5 Å². The molecular weight excluding hydrogens is 430 g/mol. The number of Topliss-reactive ketones (excluding diaryl/α,β-unsaturated/α-hetero) is 1. The van der Waals surface area contributed by atoms with Gasteiger partial charge in [-0.3, -0.25) is 15.1 Å². The summed E-state index contributed by atoms with van der Waals surface area (Å²) in [5.41, 5.74) is 0.627. The van der Waals surface area contributed by atoms with Gasteiger partial charge in [-0.15, -0.1) is 0 Å². The van der Waals surface area contributed by atoms with Crippen molar-refractivity contribution in [3.8, 4) is 0 Å². The second-order valence-corrected chi connectivity index (χ2v) is 8.21. The number of ether oxygens (including phenoxy) is 5. The molecule has 2 fully saturated rings. The Balaban J connectivity index is 1.51. The zero-order valence-corrected chi connectivity index (χ0v) is 18.7. The van der Waals surface area contributed by atoms with Crippen molar-refractivity contribution in [1.29, 1.82) is 0 Å². The third kappa shape index (κ3) is 5.01. The molecule has 1 aromatic carbocycles. The van der Waals surface area contributed by atoms with E-state index in [2.05, 4.69) is 0 Å². The second kappa shape index (κ2) is 9.48. The molecule has 9 nitrogen and oxygen atoms in total. The third-order valence-corrected chi connectivity index (χ3v) is 5.39. The summed E-state index contributed by atoms with van der Waals surface area (Å²) < 4.78 is 28.4. The van der Waals surface area contributed by atoms with E-state index < -0.39 is 36.3 Å². The number of fused-ring (bicyclic) bond motifs is 1. The summed E-state index contributed by atoms with van der Waals surface area (Å²) in [6.45, 7) is 5.46. The maximum atomic E-state index is 12.6. The number of nitrogens with zero attached hydrogens (tertiary/aromatic N) is 1. The zero-order chi connectivity index (χ0) is 23.6. The molecule has 0 radical (unpaired) electrons. The standard InChI is InChI=1S/C24H27NO8/c1-4-29-17-12-8-11-16(20(17)26)13-25(28)19-18(31-23-21(19)32-24(2,3)33-23)14-30-22(27)15-9-6-5-7-10-15/h5-13,18-19,21,23,28H,4,14H2,1-3H3/b16-13-/t18-,19-,21-,23-/m1/s1. The van der Waals surface area contributed by atoms with Crippen molar-refractivity contribution in [3.63, 3.8) is 0 Å². The van der Waals surface area contributed by atoms with Gasteiger partial charge in [0.1, 0.15) is 24.9 Å². The first kappa shape index (κ1) is 23.2. The van der Waals surface area contributed by atoms with E-state index in [9.17, 15) is 14.8 Å². The van der Waals surface area contributed by atoms with Crippen molar-refractivity contribution in [1.82, 2.24) is 5.06 Å². The Morgan fingerprint density at radius 3 is 2.73 bits per heavy atom. The van der Waals surface area contributed by atoms with Crippen LogP contribution >= 0.6 is 0 Å². The molecule has 3 aliphatic rings. The fraction of sp³-hybridized carbons (Fsp3) is 0.417. The Morgan fingerprint density at radius 2 is 2.00 bits per heavy atom. The SMILES string of the molecule is CCOC1=CC=C/C(=C/N(O)[C@H]2[C@H]3OC(C)(C)O[C@H]3O[C@@H]2COC(=O)c2ccccc2)C1=O. The van der Waals surface area contributed by atoms with Gasteiger partial charge in [0.25, 0.3) is 0 Å². The number of carbonyl (C=O) groups is 2. The van der Waals surface area contributed by atoms with E-state index in [0.29, 0.717) is 12.2 Å². The van der Waals surface area contributed by atoms with Gasteiger partial charge in [0, 0.05) is 11.8 Å². The average molecular weight is 457 g/mol. The topological polar surface area (TPSA) is 104 Å². The highest BCUT2D eigenvalue weighted by Crippen LogP contribution is 2.39. The number of benzene rings is 1. The van der Waals surface area contributed by atoms with Crippen molar-refractivity contribution in [3.05, 3.63) is 71.7 Å². The molecule has 1 aliphatic carbocycles. The van der Waals surface area contributed by atoms with Crippen LogP contribution < -0.4 is 0 Å². The summed E-state index contributed by atoms with van der Waals surface area (Å²) in [5, 5.41) is 11.8. The Morgan fingerprint density at radius 1 is 1.24 bits per heavy atom. The van der Waals surface area contributed by atoms with Gasteiger partial charge >= 0.3 is 5.97 Å². The lowest BCUT2D eigenvalue weighted by atomic mass is 10.0. The van der Waals surface area contributed by atoms with E-state index >= 15 is 0 Å². The van der Waals surface area contributed by atoms with Gasteiger partial charge in [-0.1, -0.05) is 24.3 Å². The minimum atomic E-state index is -0.918. The van der Waals surface area contributed by atoms with E-state index in [1.165, 1.54) is 6.20 Å². The van der Waals surface area contributed by atoms with Crippen molar-refractivity contribution in [2.45, 2.75) is 51.1 Å². The largest absolute Gasteiger partial charge is 0.490 e. The lowest BCUT2D eigenvalue weighted by Crippen LogP contribution is -2.46. The summed E-state index contributed by atoms with van der Waals surface area (Å²) in [7, 11) is 0. The van der Waals surface area contributed by atoms with E-state index in [1.54, 1.807) is 69.3 Å². The summed E-state index contributed by atoms with van der Waals surface area (Å²) in [4.78, 5) is 25.0. The number of hydrogen-bond acceptors (Lipinski definition) is 9. The summed E-state index contributed by atoms with van der Waals surface area (Å²) in [6.07, 6.45) is 3.89. The maximum absolute atomic E-state index is 12.6. The highest BCUT2D eigenvalue weighted by atomic mass is 16.8. The monoisotopic (exact) mass is 457 g/mol. The summed E-state index contributed by atoms with van der Waals surface area (Å²) in [5.74, 6) is -1.60. The number of ketones is 1. The number of hydroxylamine groups is 2. The van der Waals surface area contributed by atoms with E-state index in [4.69, 9.17) is 23.7 Å². The zero-order valence-electron chi connectivity index (χ0n) is 18.7. The number of allylic oxidation sites excluding steroid dienone is 4. The number of esters is 1. The van der Waals surface area contributed by atoms with Gasteiger partial charge < -0.3 is 23.7 Å². The number of hydrogen-bond donors (Lipinski definition) is 1. The fourth-order valence-corrected chi connectivity index (χ4v) is 3.96. The molecule has 4 rings (SSSR count). The molecule has 0 spiro atoms. The molecule has 0 aromatic heterocycles. The van der Waals surface area contributed by atoms with Crippen LogP contribution in [0.3, 0.4) is 0 Å². The van der Waals surface area contributed by atoms with E-state index in [-0.39, 0.29) is 23.7 Å². The smallest absolute Gasteiger partial charge is 0.338 e. The van der Waals surface area contributed by atoms with Crippen LogP contribution in [0.1, 0.15) is 31.1 Å². The number of rotatable bonds is 7. The lowest BCUT2D eigenvalue weighted by Gasteiger charge is -2.30. The molecule has 4 atom stereocenters. The van der Waals surface area contributed by atoms with E-state index in [1.807, 2.05) is 0 Å². The summed E-state index contributed by atoms with van der Waals surface area (Å²) in [6, 6.07) is 7.77. The summed E-state index contributed by atoms with van der Waals surface area (Å²) >= 11 is 0. The molecule has 2 heterocycles. The fourth-order valence-electron chi connectivity index (χ4n) is 3.96. The lowest BCUT2D eigenvalue weighted by molar-refractivity contribution is -0.225. The minimum absolute atomic E-state index is 0.146. The molecule has 1 N–H and O–H groups in total. The predicted octanol–water partition coefficient (Wildman–Crippen LogP) is 2.72. The molecule has 9 heteroatoms. The molecule has 0 unspecified atom stereocenters. The van der Waals surface area contributed by atoms with Crippen LogP contribution in [0.15, 0.2) is 66.1 Å². The van der Waals surface area contributed by atoms with Gasteiger partial charge in [0.05, 0.1) is 12.2 Å². The third-order valence-electron chi connectivity index (χ3n) is 5.39. The molecule has 1 aromatic rings. The number of carbonyl (C=O) groups excluding carboxylic acids is 2. The Kier molecular flexibility index (Phi) is 6.66. The highest BCUT2D eigenvalue weighted by Gasteiger charge is 2.57. The first-order chi connectivity index (χ1) is 15.8. The van der Waals surface area contributed by atoms with Gasteiger partial charge in [-0.05, 0) is 45.1 Å². The molecule has 176 valence electrons. The van der Waals surface area contributed by atoms with Gasteiger partial charge in [0.2, 0.25) is 5.78 Å². The normalized spacial score (nSPS) is 29.0. The highest BCUT2D eigenvalue weighted by molar-refractivity contribution is 6.10. The average Bonchev–Trinajstić information content (AvgIpc) is 3.26. The Hall–Kier alpha value is -2.98. The quantitative estimate of drug-likeness (QED) is 0.376. The molecule has 2 aliphatic heterocycles. The molecule has 0 bridgehead atoms. The van der Waals surface area contributed by atoms with Crippen LogP contribution in [0, 0.1) is 0 Å². The van der Waals surface area contributed by atoms with Gasteiger partial charge in [0.15, 0.2) is 17.8 Å². The van der Waals surface area contributed by atoms with Crippen molar-refractivity contribution < 1.29 is 38.5 Å². The molecule has 0 amide bonds. The first-order valence-corrected chi connectivity index (χ1v) is 10.8. The van der Waals surface area contributed by atoms with Crippen molar-refractivity contribution in [2.75, 3.05) is 13.2 Å². The molecule has 33 heavy (non-hydrogen) atoms. The molecule has 2 saturated heterocycles. The Labute approximate surface area is 191 Å². The Bertz CT molecular complexity index is 983. The minimum Gasteiger partial charge on any atom is -0.490 e. The van der Waals surface area contributed by atoms with Crippen LogP contribution in [0.2, 0.25) is 0 Å². The molecular formula is C24H27NO8. The maximum Gasteiger partial charge on any atom is 0.338 e. The van der Waals surface area contributed by atoms with Gasteiger partial charge in [-0.2, -0.15) is 0 Å². The van der Waals surface area contributed by atoms with Gasteiger partial charge in [-0.25, -0.2) is 4.79 Å². The van der Waals surface area contributed by atoms with E-state index in [0.717, 1.165) is 5.06 Å². The first-order valence-electron chi connectivity index (χ1n) is 10.8. The van der Waals surface area contributed by atoms with Crippen LogP contribution in [0.25, 0.3) is 0 Å². The molecule has 0 saturated carbocycles. The van der Waals surface area contributed by atoms with Crippen LogP contribution in [0.5, 0.6) is 0 Å². The van der Waals surface area contributed by atoms with Crippen molar-refractivity contribution in [2.24, 2.45) is 0 Å². The second-order valence-electron chi connectivity index (χ2n) is 8.21. The van der Waals surface area contributed by atoms with Crippen molar-refractivity contribution >= 4 is 11.8 Å². The predicted molar refractivity (Wildman–Crippen MR) is 115 cm³/mol. The van der Waals surface area contributed by atoms with Crippen LogP contribution in [0.4, 0.5) is 0 Å². The van der Waals surface area contributed by atoms with Crippen LogP contribution in [-0.4, -0.2) is 65.6 Å².